The normalized spacial score (nSPS) is 19.0. The molecule has 0 N–H and O–H groups in total. The Morgan fingerprint density at radius 3 is 2.17 bits per heavy atom. The molecule has 1 aliphatic rings. The van der Waals surface area contributed by atoms with Crippen molar-refractivity contribution in [1.82, 2.24) is 0 Å². The third-order valence-electron chi connectivity index (χ3n) is 5.83. The summed E-state index contributed by atoms with van der Waals surface area (Å²) < 4.78 is 0. The van der Waals surface area contributed by atoms with Crippen LogP contribution in [-0.2, 0) is 10.8 Å². The first kappa shape index (κ1) is 17.0. The maximum Gasteiger partial charge on any atom is -0.0100 e. The molecular weight excluding hydrogens is 288 g/mol. The highest BCUT2D eigenvalue weighted by atomic mass is 14.4. The van der Waals surface area contributed by atoms with Crippen molar-refractivity contribution in [3.05, 3.63) is 70.3 Å². The van der Waals surface area contributed by atoms with Gasteiger partial charge in [0, 0.05) is 0 Å². The summed E-state index contributed by atoms with van der Waals surface area (Å²) in [6, 6.07) is 15.7. The Morgan fingerprint density at radius 2 is 1.50 bits per heavy atom. The summed E-state index contributed by atoms with van der Waals surface area (Å²) in [6.45, 7) is 14.0. The van der Waals surface area contributed by atoms with Crippen LogP contribution in [0.4, 0.5) is 0 Å². The Hall–Kier alpha value is -1.82. The predicted octanol–water partition coefficient (Wildman–Crippen LogP) is 6.90. The average molecular weight is 319 g/mol. The number of aryl methyl sites for hydroxylation is 1. The number of benzene rings is 2. The van der Waals surface area contributed by atoms with Gasteiger partial charge in [0.25, 0.3) is 0 Å². The van der Waals surface area contributed by atoms with Crippen LogP contribution in [0.1, 0.15) is 75.3 Å². The zero-order valence-corrected chi connectivity index (χ0v) is 16.0. The van der Waals surface area contributed by atoms with E-state index in [-0.39, 0.29) is 10.8 Å². The first-order valence-electron chi connectivity index (χ1n) is 9.10. The van der Waals surface area contributed by atoms with Gasteiger partial charge in [0.05, 0.1) is 0 Å². The monoisotopic (exact) mass is 318 g/mol. The van der Waals surface area contributed by atoms with Crippen molar-refractivity contribution in [2.75, 3.05) is 0 Å². The number of fused-ring (bicyclic) bond motifs is 1. The van der Waals surface area contributed by atoms with Crippen LogP contribution >= 0.6 is 0 Å². The van der Waals surface area contributed by atoms with Gasteiger partial charge in [0.15, 0.2) is 0 Å². The Bertz CT molecular complexity index is 787. The highest BCUT2D eigenvalue weighted by Gasteiger charge is 2.36. The van der Waals surface area contributed by atoms with Gasteiger partial charge in [-0.05, 0) is 70.9 Å². The van der Waals surface area contributed by atoms with Gasteiger partial charge in [-0.1, -0.05) is 76.2 Å². The highest BCUT2D eigenvalue weighted by molar-refractivity contribution is 5.81. The number of allylic oxidation sites excluding steroid dienone is 1. The van der Waals surface area contributed by atoms with Crippen molar-refractivity contribution >= 4 is 11.6 Å². The van der Waals surface area contributed by atoms with Gasteiger partial charge >= 0.3 is 0 Å². The largest absolute Gasteiger partial charge is 0.0620 e. The third kappa shape index (κ3) is 3.07. The van der Waals surface area contributed by atoms with Crippen molar-refractivity contribution in [1.29, 1.82) is 0 Å². The van der Waals surface area contributed by atoms with E-state index in [0.29, 0.717) is 0 Å². The fraction of sp³-hybridized carbons (Fsp3) is 0.417. The third-order valence-corrected chi connectivity index (χ3v) is 5.83. The minimum atomic E-state index is 0.269. The van der Waals surface area contributed by atoms with Crippen LogP contribution < -0.4 is 0 Å². The first-order valence-corrected chi connectivity index (χ1v) is 9.10. The molecule has 2 aromatic carbocycles. The summed E-state index contributed by atoms with van der Waals surface area (Å²) in [5.41, 5.74) is 8.96. The molecule has 0 heterocycles. The van der Waals surface area contributed by atoms with Crippen LogP contribution in [0.5, 0.6) is 0 Å². The molecule has 1 aliphatic carbocycles. The molecule has 0 fully saturated rings. The van der Waals surface area contributed by atoms with Crippen LogP contribution in [0.2, 0.25) is 0 Å². The molecule has 0 radical (unpaired) electrons. The molecule has 0 atom stereocenters. The van der Waals surface area contributed by atoms with E-state index < -0.39 is 0 Å². The molecule has 0 heteroatoms. The van der Waals surface area contributed by atoms with Crippen LogP contribution in [0, 0.1) is 6.92 Å². The van der Waals surface area contributed by atoms with Gasteiger partial charge in [0.2, 0.25) is 0 Å². The minimum Gasteiger partial charge on any atom is -0.0620 e. The fourth-order valence-corrected chi connectivity index (χ4v) is 4.04. The van der Waals surface area contributed by atoms with Gasteiger partial charge < -0.3 is 0 Å². The maximum absolute atomic E-state index is 2.43. The Balaban J connectivity index is 2.06. The summed E-state index contributed by atoms with van der Waals surface area (Å²) >= 11 is 0. The van der Waals surface area contributed by atoms with Crippen LogP contribution in [0.15, 0.2) is 42.5 Å². The maximum atomic E-state index is 2.43. The fourth-order valence-electron chi connectivity index (χ4n) is 4.04. The molecule has 2 aromatic rings. The summed E-state index contributed by atoms with van der Waals surface area (Å²) in [5, 5.41) is 0. The van der Waals surface area contributed by atoms with Gasteiger partial charge in [-0.25, -0.2) is 0 Å². The van der Waals surface area contributed by atoms with Crippen molar-refractivity contribution in [2.24, 2.45) is 0 Å². The van der Waals surface area contributed by atoms with E-state index in [1.165, 1.54) is 46.2 Å². The van der Waals surface area contributed by atoms with E-state index in [2.05, 4.69) is 90.1 Å². The molecule has 0 bridgehead atoms. The van der Waals surface area contributed by atoms with Gasteiger partial charge in [-0.3, -0.25) is 0 Å². The molecule has 24 heavy (non-hydrogen) atoms. The number of hydrogen-bond acceptors (Lipinski definition) is 0. The Kier molecular flexibility index (Phi) is 4.20. The molecular formula is C24H30. The van der Waals surface area contributed by atoms with Crippen molar-refractivity contribution in [2.45, 2.75) is 65.2 Å². The molecule has 126 valence electrons. The van der Waals surface area contributed by atoms with Gasteiger partial charge in [-0.15, -0.1) is 0 Å². The molecule has 0 unspecified atom stereocenters. The standard InChI is InChI=1S/C24H30/c1-17-9-7-8-10-20(17)18(2)15-19-11-12-21-22(16-19)24(5,6)14-13-23(21,3)4/h7-12,15-16H,13-14H2,1-6H3. The first-order chi connectivity index (χ1) is 11.2. The van der Waals surface area contributed by atoms with E-state index >= 15 is 0 Å². The van der Waals surface area contributed by atoms with E-state index in [9.17, 15) is 0 Å². The van der Waals surface area contributed by atoms with Crippen LogP contribution in [-0.4, -0.2) is 0 Å². The number of rotatable bonds is 2. The minimum absolute atomic E-state index is 0.269. The van der Waals surface area contributed by atoms with Crippen molar-refractivity contribution < 1.29 is 0 Å². The second-order valence-corrected chi connectivity index (χ2v) is 8.72. The lowest BCUT2D eigenvalue weighted by molar-refractivity contribution is 0.332. The molecule has 0 nitrogen and oxygen atoms in total. The summed E-state index contributed by atoms with van der Waals surface area (Å²) in [7, 11) is 0. The van der Waals surface area contributed by atoms with E-state index in [1.807, 2.05) is 0 Å². The lowest BCUT2D eigenvalue weighted by Crippen LogP contribution is -2.33. The van der Waals surface area contributed by atoms with Crippen LogP contribution in [0.3, 0.4) is 0 Å². The lowest BCUT2D eigenvalue weighted by Gasteiger charge is -2.42. The Labute approximate surface area is 147 Å². The number of hydrogen-bond donors (Lipinski definition) is 0. The molecule has 0 aromatic heterocycles. The van der Waals surface area contributed by atoms with E-state index in [0.717, 1.165) is 0 Å². The summed E-state index contributed by atoms with van der Waals surface area (Å²) in [4.78, 5) is 0. The lowest BCUT2D eigenvalue weighted by atomic mass is 9.63. The highest BCUT2D eigenvalue weighted by Crippen LogP contribution is 2.46. The second-order valence-electron chi connectivity index (χ2n) is 8.72. The molecule has 0 saturated heterocycles. The average Bonchev–Trinajstić information content (AvgIpc) is 2.52. The van der Waals surface area contributed by atoms with Gasteiger partial charge in [0.1, 0.15) is 0 Å². The summed E-state index contributed by atoms with van der Waals surface area (Å²) in [6.07, 6.45) is 4.86. The second kappa shape index (κ2) is 5.92. The topological polar surface area (TPSA) is 0 Å². The van der Waals surface area contributed by atoms with Gasteiger partial charge in [-0.2, -0.15) is 0 Å². The zero-order chi connectivity index (χ0) is 17.5. The van der Waals surface area contributed by atoms with Crippen molar-refractivity contribution in [3.8, 4) is 0 Å². The van der Waals surface area contributed by atoms with E-state index in [1.54, 1.807) is 0 Å². The Morgan fingerprint density at radius 1 is 0.875 bits per heavy atom. The van der Waals surface area contributed by atoms with E-state index in [4.69, 9.17) is 0 Å². The zero-order valence-electron chi connectivity index (χ0n) is 16.0. The molecule has 3 rings (SSSR count). The molecule has 0 spiro atoms. The van der Waals surface area contributed by atoms with Crippen molar-refractivity contribution in [3.63, 3.8) is 0 Å². The molecule has 0 saturated carbocycles. The predicted molar refractivity (Wildman–Crippen MR) is 106 cm³/mol. The molecule has 0 amide bonds. The smallest absolute Gasteiger partial charge is 0.0100 e. The quantitative estimate of drug-likeness (QED) is 0.528. The summed E-state index contributed by atoms with van der Waals surface area (Å²) in [5.74, 6) is 0. The SMILES string of the molecule is CC(=Cc1ccc2c(c1)C(C)(C)CCC2(C)C)c1ccccc1C. The molecule has 0 aliphatic heterocycles. The van der Waals surface area contributed by atoms with Crippen LogP contribution in [0.25, 0.3) is 11.6 Å².